The van der Waals surface area contributed by atoms with Gasteiger partial charge in [0.15, 0.2) is 0 Å². The lowest BCUT2D eigenvalue weighted by molar-refractivity contribution is -0.138. The van der Waals surface area contributed by atoms with Gasteiger partial charge in [-0.2, -0.15) is 13.2 Å². The summed E-state index contributed by atoms with van der Waals surface area (Å²) in [5.74, 6) is -0.435. The number of carbonyl (C=O) groups excluding carboxylic acids is 2. The number of alkyl halides is 3. The predicted octanol–water partition coefficient (Wildman–Crippen LogP) is 3.02. The molecule has 0 bridgehead atoms. The fraction of sp³-hybridized carbons (Fsp3) is 0.476. The zero-order valence-corrected chi connectivity index (χ0v) is 16.1. The molecule has 0 aromatic heterocycles. The van der Waals surface area contributed by atoms with E-state index in [9.17, 15) is 22.8 Å². The van der Waals surface area contributed by atoms with Crippen LogP contribution in [0.2, 0.25) is 0 Å². The second kappa shape index (κ2) is 7.31. The van der Waals surface area contributed by atoms with Crippen molar-refractivity contribution in [3.8, 4) is 0 Å². The summed E-state index contributed by atoms with van der Waals surface area (Å²) in [5, 5.41) is 0. The van der Waals surface area contributed by atoms with Crippen LogP contribution >= 0.6 is 0 Å². The van der Waals surface area contributed by atoms with Gasteiger partial charge in [-0.1, -0.05) is 18.2 Å². The maximum atomic E-state index is 13.3. The SMILES string of the molecule is CC(=O)N1CC2=C(C1)C(C(=O)N1CCC(c3ccccc3C(F)(F)F)CC1)=NC2. The van der Waals surface area contributed by atoms with Gasteiger partial charge in [-0.3, -0.25) is 14.6 Å². The fourth-order valence-electron chi connectivity index (χ4n) is 4.42. The van der Waals surface area contributed by atoms with E-state index in [1.165, 1.54) is 19.1 Å². The third-order valence-electron chi connectivity index (χ3n) is 6.01. The normalized spacial score (nSPS) is 20.2. The molecule has 3 aliphatic rings. The molecule has 4 rings (SSSR count). The minimum absolute atomic E-state index is 0.0321. The number of amides is 2. The second-order valence-electron chi connectivity index (χ2n) is 7.77. The number of aliphatic imine (C=N–C) groups is 1. The van der Waals surface area contributed by atoms with Gasteiger partial charge in [-0.25, -0.2) is 0 Å². The van der Waals surface area contributed by atoms with Crippen molar-refractivity contribution in [1.82, 2.24) is 9.80 Å². The molecule has 3 heterocycles. The van der Waals surface area contributed by atoms with Crippen LogP contribution in [-0.2, 0) is 15.8 Å². The topological polar surface area (TPSA) is 53.0 Å². The van der Waals surface area contributed by atoms with Crippen molar-refractivity contribution in [1.29, 1.82) is 0 Å². The predicted molar refractivity (Wildman–Crippen MR) is 102 cm³/mol. The van der Waals surface area contributed by atoms with E-state index in [1.807, 2.05) is 0 Å². The molecule has 3 aliphatic heterocycles. The van der Waals surface area contributed by atoms with Crippen LogP contribution in [0.25, 0.3) is 0 Å². The van der Waals surface area contributed by atoms with Crippen molar-refractivity contribution >= 4 is 17.5 Å². The van der Waals surface area contributed by atoms with Crippen molar-refractivity contribution in [3.63, 3.8) is 0 Å². The minimum atomic E-state index is -4.38. The number of piperidine rings is 1. The molecule has 8 heteroatoms. The van der Waals surface area contributed by atoms with Gasteiger partial charge in [0.05, 0.1) is 12.1 Å². The summed E-state index contributed by atoms with van der Waals surface area (Å²) in [4.78, 5) is 32.3. The van der Waals surface area contributed by atoms with E-state index in [1.54, 1.807) is 15.9 Å². The molecule has 0 saturated carbocycles. The standard InChI is InChI=1S/C21H22F3N3O2/c1-13(28)27-11-15-10-25-19(17(15)12-27)20(29)26-8-6-14(7-9-26)16-4-2-3-5-18(16)21(22,23)24/h2-5,14H,6-12H2,1H3. The van der Waals surface area contributed by atoms with E-state index in [2.05, 4.69) is 4.99 Å². The summed E-state index contributed by atoms with van der Waals surface area (Å²) >= 11 is 0. The summed E-state index contributed by atoms with van der Waals surface area (Å²) in [5.41, 5.74) is 1.99. The summed E-state index contributed by atoms with van der Waals surface area (Å²) in [6.45, 7) is 3.66. The maximum Gasteiger partial charge on any atom is 0.416 e. The van der Waals surface area contributed by atoms with Gasteiger partial charge in [-0.15, -0.1) is 0 Å². The first kappa shape index (κ1) is 19.7. The molecular formula is C21H22F3N3O2. The van der Waals surface area contributed by atoms with Crippen molar-refractivity contribution in [2.75, 3.05) is 32.7 Å². The largest absolute Gasteiger partial charge is 0.416 e. The van der Waals surface area contributed by atoms with E-state index in [0.29, 0.717) is 56.8 Å². The molecule has 29 heavy (non-hydrogen) atoms. The van der Waals surface area contributed by atoms with E-state index >= 15 is 0 Å². The minimum Gasteiger partial charge on any atom is -0.337 e. The Bertz CT molecular complexity index is 912. The van der Waals surface area contributed by atoms with E-state index in [4.69, 9.17) is 0 Å². The van der Waals surface area contributed by atoms with Gasteiger partial charge in [0.25, 0.3) is 5.91 Å². The Kier molecular flexibility index (Phi) is 4.96. The monoisotopic (exact) mass is 405 g/mol. The Hall–Kier alpha value is -2.64. The van der Waals surface area contributed by atoms with Crippen LogP contribution in [0.5, 0.6) is 0 Å². The highest BCUT2D eigenvalue weighted by Gasteiger charge is 2.38. The van der Waals surface area contributed by atoms with Crippen LogP contribution in [0.1, 0.15) is 36.8 Å². The third kappa shape index (κ3) is 3.68. The molecular weight excluding hydrogens is 383 g/mol. The molecule has 1 fully saturated rings. The first-order chi connectivity index (χ1) is 13.8. The Morgan fingerprint density at radius 2 is 1.76 bits per heavy atom. The molecule has 154 valence electrons. The number of halogens is 3. The lowest BCUT2D eigenvalue weighted by Crippen LogP contribution is -2.42. The number of nitrogens with zero attached hydrogens (tertiary/aromatic N) is 3. The smallest absolute Gasteiger partial charge is 0.337 e. The molecule has 5 nitrogen and oxygen atoms in total. The molecule has 1 aromatic rings. The van der Waals surface area contributed by atoms with Gasteiger partial charge in [0.2, 0.25) is 5.91 Å². The van der Waals surface area contributed by atoms with Gasteiger partial charge in [-0.05, 0) is 36.0 Å². The molecule has 0 N–H and O–H groups in total. The van der Waals surface area contributed by atoms with E-state index in [-0.39, 0.29) is 17.7 Å². The number of hydrogen-bond acceptors (Lipinski definition) is 3. The van der Waals surface area contributed by atoms with Gasteiger partial charge >= 0.3 is 6.18 Å². The lowest BCUT2D eigenvalue weighted by Gasteiger charge is -2.33. The molecule has 0 aliphatic carbocycles. The Morgan fingerprint density at radius 3 is 2.41 bits per heavy atom. The number of carbonyl (C=O) groups is 2. The van der Waals surface area contributed by atoms with Crippen LogP contribution in [0.15, 0.2) is 40.4 Å². The Balaban J connectivity index is 1.42. The number of likely N-dealkylation sites (tertiary alicyclic amines) is 1. The summed E-state index contributed by atoms with van der Waals surface area (Å²) < 4.78 is 39.9. The van der Waals surface area contributed by atoms with Crippen LogP contribution in [-0.4, -0.2) is 60.0 Å². The molecule has 1 aromatic carbocycles. The zero-order chi connectivity index (χ0) is 20.8. The van der Waals surface area contributed by atoms with Crippen molar-refractivity contribution in [2.45, 2.75) is 31.9 Å². The van der Waals surface area contributed by atoms with Crippen molar-refractivity contribution in [2.24, 2.45) is 4.99 Å². The fourth-order valence-corrected chi connectivity index (χ4v) is 4.42. The molecule has 1 saturated heterocycles. The van der Waals surface area contributed by atoms with Crippen molar-refractivity contribution in [3.05, 3.63) is 46.5 Å². The van der Waals surface area contributed by atoms with Crippen LogP contribution < -0.4 is 0 Å². The molecule has 0 unspecified atom stereocenters. The average Bonchev–Trinajstić information content (AvgIpc) is 3.28. The summed E-state index contributed by atoms with van der Waals surface area (Å²) in [6.07, 6.45) is -3.41. The number of hydrogen-bond donors (Lipinski definition) is 0. The lowest BCUT2D eigenvalue weighted by atomic mass is 9.86. The van der Waals surface area contributed by atoms with Gasteiger partial charge in [0.1, 0.15) is 5.71 Å². The first-order valence-electron chi connectivity index (χ1n) is 9.72. The number of rotatable bonds is 2. The molecule has 0 radical (unpaired) electrons. The van der Waals surface area contributed by atoms with E-state index < -0.39 is 11.7 Å². The first-order valence-corrected chi connectivity index (χ1v) is 9.72. The maximum absolute atomic E-state index is 13.3. The van der Waals surface area contributed by atoms with Gasteiger partial charge < -0.3 is 9.80 Å². The average molecular weight is 405 g/mol. The summed E-state index contributed by atoms with van der Waals surface area (Å²) in [6, 6.07) is 5.69. The zero-order valence-electron chi connectivity index (χ0n) is 16.1. The van der Waals surface area contributed by atoms with Crippen molar-refractivity contribution < 1.29 is 22.8 Å². The Labute approximate surface area is 166 Å². The van der Waals surface area contributed by atoms with Crippen LogP contribution in [0, 0.1) is 0 Å². The van der Waals surface area contributed by atoms with Crippen LogP contribution in [0.3, 0.4) is 0 Å². The Morgan fingerprint density at radius 1 is 1.07 bits per heavy atom. The third-order valence-corrected chi connectivity index (χ3v) is 6.01. The molecule has 2 amide bonds. The summed E-state index contributed by atoms with van der Waals surface area (Å²) in [7, 11) is 0. The molecule has 0 atom stereocenters. The second-order valence-corrected chi connectivity index (χ2v) is 7.77. The quantitative estimate of drug-likeness (QED) is 0.760. The van der Waals surface area contributed by atoms with Gasteiger partial charge in [0, 0.05) is 38.7 Å². The highest BCUT2D eigenvalue weighted by Crippen LogP contribution is 2.38. The molecule has 0 spiro atoms. The number of benzene rings is 1. The highest BCUT2D eigenvalue weighted by atomic mass is 19.4. The van der Waals surface area contributed by atoms with Crippen LogP contribution in [0.4, 0.5) is 13.2 Å². The highest BCUT2D eigenvalue weighted by molar-refractivity contribution is 6.46. The van der Waals surface area contributed by atoms with E-state index in [0.717, 1.165) is 17.2 Å².